The van der Waals surface area contributed by atoms with Crippen molar-refractivity contribution in [2.75, 3.05) is 13.6 Å². The van der Waals surface area contributed by atoms with Crippen LogP contribution in [0.3, 0.4) is 0 Å². The van der Waals surface area contributed by atoms with Crippen LogP contribution in [0.5, 0.6) is 0 Å². The lowest BCUT2D eigenvalue weighted by Gasteiger charge is -2.18. The second-order valence-electron chi connectivity index (χ2n) is 4.54. The Labute approximate surface area is 101 Å². The Bertz CT molecular complexity index is 345. The minimum absolute atomic E-state index is 0.0910. The van der Waals surface area contributed by atoms with Crippen molar-refractivity contribution in [3.05, 3.63) is 12.2 Å². The summed E-state index contributed by atoms with van der Waals surface area (Å²) in [5.41, 5.74) is 0. The Hall–Kier alpha value is -1.43. The summed E-state index contributed by atoms with van der Waals surface area (Å²) in [7, 11) is 1.78. The van der Waals surface area contributed by atoms with E-state index in [-0.39, 0.29) is 5.91 Å². The molecule has 0 aromatic carbocycles. The van der Waals surface area contributed by atoms with Crippen LogP contribution in [-0.4, -0.2) is 45.6 Å². The van der Waals surface area contributed by atoms with Crippen LogP contribution >= 0.6 is 0 Å². The monoisotopic (exact) mass is 237 g/mol. The number of hydrogen-bond donors (Lipinski definition) is 2. The van der Waals surface area contributed by atoms with Gasteiger partial charge in [-0.15, -0.1) is 0 Å². The van der Waals surface area contributed by atoms with Crippen LogP contribution in [-0.2, 0) is 11.3 Å². The fourth-order valence-electron chi connectivity index (χ4n) is 2.12. The van der Waals surface area contributed by atoms with Crippen molar-refractivity contribution in [1.29, 1.82) is 0 Å². The molecule has 6 nitrogen and oxygen atoms in total. The zero-order valence-electron chi connectivity index (χ0n) is 10.1. The van der Waals surface area contributed by atoms with Crippen molar-refractivity contribution in [3.63, 3.8) is 0 Å². The molecule has 0 unspecified atom stereocenters. The van der Waals surface area contributed by atoms with E-state index < -0.39 is 0 Å². The predicted octanol–water partition coefficient (Wildman–Crippen LogP) is 0.295. The number of hydrogen-bond acceptors (Lipinski definition) is 4. The summed E-state index contributed by atoms with van der Waals surface area (Å²) in [4.78, 5) is 17.5. The summed E-state index contributed by atoms with van der Waals surface area (Å²) in [5.74, 6) is 0.801. The summed E-state index contributed by atoms with van der Waals surface area (Å²) >= 11 is 0. The Kier molecular flexibility index (Phi) is 4.08. The molecule has 2 N–H and O–H groups in total. The number of amides is 1. The van der Waals surface area contributed by atoms with Crippen molar-refractivity contribution in [2.24, 2.45) is 0 Å². The van der Waals surface area contributed by atoms with Gasteiger partial charge >= 0.3 is 0 Å². The van der Waals surface area contributed by atoms with E-state index in [4.69, 9.17) is 0 Å². The van der Waals surface area contributed by atoms with Crippen LogP contribution in [0, 0.1) is 0 Å². The first-order chi connectivity index (χ1) is 8.25. The molecular weight excluding hydrogens is 218 g/mol. The van der Waals surface area contributed by atoms with Gasteiger partial charge in [-0.05, 0) is 12.8 Å². The lowest BCUT2D eigenvalue weighted by Crippen LogP contribution is -2.39. The normalized spacial score (nSPS) is 16.3. The first-order valence-corrected chi connectivity index (χ1v) is 6.07. The molecule has 94 valence electrons. The quantitative estimate of drug-likeness (QED) is 0.772. The van der Waals surface area contributed by atoms with E-state index in [9.17, 15) is 4.79 Å². The van der Waals surface area contributed by atoms with Gasteiger partial charge in [-0.1, -0.05) is 12.8 Å². The number of nitrogens with one attached hydrogen (secondary N) is 2. The topological polar surface area (TPSA) is 73.9 Å². The van der Waals surface area contributed by atoms with Crippen LogP contribution in [0.2, 0.25) is 0 Å². The molecule has 1 aliphatic carbocycles. The number of carbonyl (C=O) groups is 1. The largest absolute Gasteiger partial charge is 0.337 e. The Morgan fingerprint density at radius 1 is 1.59 bits per heavy atom. The Morgan fingerprint density at radius 3 is 3.00 bits per heavy atom. The molecular formula is C11H19N5O. The van der Waals surface area contributed by atoms with Gasteiger partial charge in [-0.3, -0.25) is 9.89 Å². The number of H-pyrrole nitrogens is 1. The maximum atomic E-state index is 11.8. The van der Waals surface area contributed by atoms with Crippen molar-refractivity contribution < 1.29 is 4.79 Å². The third-order valence-electron chi connectivity index (χ3n) is 3.17. The molecule has 17 heavy (non-hydrogen) atoms. The molecule has 0 bridgehead atoms. The van der Waals surface area contributed by atoms with E-state index in [1.54, 1.807) is 11.9 Å². The minimum Gasteiger partial charge on any atom is -0.337 e. The molecule has 1 saturated carbocycles. The van der Waals surface area contributed by atoms with Crippen LogP contribution in [0.25, 0.3) is 0 Å². The van der Waals surface area contributed by atoms with E-state index in [0.29, 0.717) is 25.0 Å². The van der Waals surface area contributed by atoms with Crippen molar-refractivity contribution in [2.45, 2.75) is 38.3 Å². The lowest BCUT2D eigenvalue weighted by atomic mass is 10.2. The van der Waals surface area contributed by atoms with Crippen molar-refractivity contribution in [3.8, 4) is 0 Å². The number of aromatic amines is 1. The fourth-order valence-corrected chi connectivity index (χ4v) is 2.12. The molecule has 0 spiro atoms. The highest BCUT2D eigenvalue weighted by Crippen LogP contribution is 2.17. The number of nitrogens with zero attached hydrogens (tertiary/aromatic N) is 3. The standard InChI is InChI=1S/C11H19N5O/c1-16(7-10-13-8-14-15-10)11(17)6-12-9-4-2-3-5-9/h8-9,12H,2-7H2,1H3,(H,13,14,15). The molecule has 0 aliphatic heterocycles. The maximum Gasteiger partial charge on any atom is 0.236 e. The number of rotatable bonds is 5. The number of aromatic nitrogens is 3. The second-order valence-corrected chi connectivity index (χ2v) is 4.54. The van der Waals surface area contributed by atoms with E-state index >= 15 is 0 Å². The van der Waals surface area contributed by atoms with E-state index in [1.165, 1.54) is 32.0 Å². The summed E-state index contributed by atoms with van der Waals surface area (Å²) < 4.78 is 0. The lowest BCUT2D eigenvalue weighted by molar-refractivity contribution is -0.129. The summed E-state index contributed by atoms with van der Waals surface area (Å²) in [6, 6.07) is 0.526. The van der Waals surface area contributed by atoms with Crippen molar-refractivity contribution in [1.82, 2.24) is 25.4 Å². The number of likely N-dealkylation sites (N-methyl/N-ethyl adjacent to an activating group) is 1. The van der Waals surface area contributed by atoms with Gasteiger partial charge in [0.15, 0.2) is 0 Å². The van der Waals surface area contributed by atoms with Gasteiger partial charge in [-0.2, -0.15) is 5.10 Å². The van der Waals surface area contributed by atoms with E-state index in [0.717, 1.165) is 0 Å². The average Bonchev–Trinajstić information content (AvgIpc) is 2.98. The van der Waals surface area contributed by atoms with Gasteiger partial charge in [-0.25, -0.2) is 4.98 Å². The van der Waals surface area contributed by atoms with Crippen LogP contribution in [0.15, 0.2) is 6.33 Å². The van der Waals surface area contributed by atoms with Crippen LogP contribution < -0.4 is 5.32 Å². The third-order valence-corrected chi connectivity index (χ3v) is 3.17. The summed E-state index contributed by atoms with van der Waals surface area (Å²) in [5, 5.41) is 9.80. The Balaban J connectivity index is 1.71. The van der Waals surface area contributed by atoms with Gasteiger partial charge in [0, 0.05) is 13.1 Å². The minimum atomic E-state index is 0.0910. The fraction of sp³-hybridized carbons (Fsp3) is 0.727. The molecule has 1 fully saturated rings. The van der Waals surface area contributed by atoms with Crippen molar-refractivity contribution >= 4 is 5.91 Å². The Morgan fingerprint density at radius 2 is 2.35 bits per heavy atom. The SMILES string of the molecule is CN(Cc1ncn[nH]1)C(=O)CNC1CCCC1. The highest BCUT2D eigenvalue weighted by molar-refractivity contribution is 5.77. The zero-order valence-corrected chi connectivity index (χ0v) is 10.1. The number of carbonyl (C=O) groups excluding carboxylic acids is 1. The first-order valence-electron chi connectivity index (χ1n) is 6.07. The first kappa shape index (κ1) is 12.0. The van der Waals surface area contributed by atoms with E-state index in [1.807, 2.05) is 0 Å². The second kappa shape index (κ2) is 5.77. The van der Waals surface area contributed by atoms with Crippen LogP contribution in [0.4, 0.5) is 0 Å². The molecule has 1 aromatic rings. The highest BCUT2D eigenvalue weighted by atomic mass is 16.2. The van der Waals surface area contributed by atoms with Gasteiger partial charge in [0.1, 0.15) is 12.2 Å². The molecule has 1 aliphatic rings. The maximum absolute atomic E-state index is 11.8. The smallest absolute Gasteiger partial charge is 0.236 e. The summed E-state index contributed by atoms with van der Waals surface area (Å²) in [6.45, 7) is 0.889. The molecule has 0 radical (unpaired) electrons. The molecule has 6 heteroatoms. The molecule has 1 aromatic heterocycles. The highest BCUT2D eigenvalue weighted by Gasteiger charge is 2.17. The summed E-state index contributed by atoms with van der Waals surface area (Å²) in [6.07, 6.45) is 6.39. The molecule has 1 heterocycles. The van der Waals surface area contributed by atoms with Gasteiger partial charge in [0.2, 0.25) is 5.91 Å². The molecule has 0 saturated heterocycles. The van der Waals surface area contributed by atoms with Gasteiger partial charge < -0.3 is 10.2 Å². The average molecular weight is 237 g/mol. The third kappa shape index (κ3) is 3.52. The molecule has 0 atom stereocenters. The van der Waals surface area contributed by atoms with Gasteiger partial charge in [0.25, 0.3) is 0 Å². The molecule has 2 rings (SSSR count). The van der Waals surface area contributed by atoms with Crippen LogP contribution in [0.1, 0.15) is 31.5 Å². The molecule has 1 amide bonds. The van der Waals surface area contributed by atoms with E-state index in [2.05, 4.69) is 20.5 Å². The van der Waals surface area contributed by atoms with Gasteiger partial charge in [0.05, 0.1) is 13.1 Å². The predicted molar refractivity (Wildman–Crippen MR) is 63.1 cm³/mol. The zero-order chi connectivity index (χ0) is 12.1.